The maximum Gasteiger partial charge on any atom is 0.252 e. The number of thiocarbonyl (C=S) groups is 1. The predicted octanol–water partition coefficient (Wildman–Crippen LogP) is 1.02. The number of hydrogen-bond acceptors (Lipinski definition) is 3. The van der Waals surface area contributed by atoms with Crippen LogP contribution in [0.3, 0.4) is 0 Å². The summed E-state index contributed by atoms with van der Waals surface area (Å²) in [6.45, 7) is 0.451. The van der Waals surface area contributed by atoms with Gasteiger partial charge in [-0.05, 0) is 18.9 Å². The minimum Gasteiger partial charge on any atom is -0.393 e. The van der Waals surface area contributed by atoms with Crippen LogP contribution in [-0.4, -0.2) is 22.4 Å². The Kier molecular flexibility index (Phi) is 4.78. The summed E-state index contributed by atoms with van der Waals surface area (Å²) >= 11 is 4.69. The number of nitrogens with two attached hydrogens (primary N) is 1. The highest BCUT2D eigenvalue weighted by Gasteiger charge is 2.05. The molecule has 0 aliphatic rings. The zero-order valence-corrected chi connectivity index (χ0v) is 9.39. The number of pyridine rings is 1. The molecule has 6 heteroatoms. The summed E-state index contributed by atoms with van der Waals surface area (Å²) in [7, 11) is 0. The number of aromatic nitrogens is 1. The van der Waals surface area contributed by atoms with E-state index >= 15 is 0 Å². The lowest BCUT2D eigenvalue weighted by molar-refractivity contribution is 0.0952. The van der Waals surface area contributed by atoms with Gasteiger partial charge in [-0.2, -0.15) is 0 Å². The minimum absolute atomic E-state index is 0.204. The lowest BCUT2D eigenvalue weighted by Crippen LogP contribution is -2.25. The highest BCUT2D eigenvalue weighted by atomic mass is 32.1. The van der Waals surface area contributed by atoms with Crippen LogP contribution in [0.4, 0.5) is 4.39 Å². The molecule has 0 atom stereocenters. The number of amides is 1. The zero-order valence-electron chi connectivity index (χ0n) is 8.57. The fourth-order valence-corrected chi connectivity index (χ4v) is 1.25. The van der Waals surface area contributed by atoms with Gasteiger partial charge in [-0.15, -0.1) is 0 Å². The Labute approximate surface area is 98.1 Å². The minimum atomic E-state index is -0.532. The van der Waals surface area contributed by atoms with Crippen molar-refractivity contribution in [2.75, 3.05) is 6.54 Å². The maximum absolute atomic E-state index is 12.7. The second kappa shape index (κ2) is 6.12. The molecule has 0 saturated carbocycles. The van der Waals surface area contributed by atoms with E-state index in [0.717, 1.165) is 12.3 Å². The van der Waals surface area contributed by atoms with Crippen LogP contribution in [0.25, 0.3) is 0 Å². The van der Waals surface area contributed by atoms with Crippen molar-refractivity contribution in [2.24, 2.45) is 5.73 Å². The van der Waals surface area contributed by atoms with E-state index in [2.05, 4.69) is 10.3 Å². The molecule has 16 heavy (non-hydrogen) atoms. The van der Waals surface area contributed by atoms with Crippen molar-refractivity contribution >= 4 is 23.1 Å². The normalized spacial score (nSPS) is 9.81. The average molecular weight is 241 g/mol. The van der Waals surface area contributed by atoms with E-state index in [9.17, 15) is 9.18 Å². The highest BCUT2D eigenvalue weighted by molar-refractivity contribution is 7.80. The third-order valence-corrected chi connectivity index (χ3v) is 2.06. The van der Waals surface area contributed by atoms with Gasteiger partial charge in [0.2, 0.25) is 0 Å². The first-order chi connectivity index (χ1) is 7.59. The molecule has 86 valence electrons. The smallest absolute Gasteiger partial charge is 0.252 e. The fourth-order valence-electron chi connectivity index (χ4n) is 1.10. The molecule has 1 aromatic rings. The Balaban J connectivity index is 2.38. The van der Waals surface area contributed by atoms with Crippen molar-refractivity contribution in [1.82, 2.24) is 10.3 Å². The van der Waals surface area contributed by atoms with E-state index in [-0.39, 0.29) is 11.5 Å². The van der Waals surface area contributed by atoms with E-state index in [1.807, 2.05) is 0 Å². The second-order valence-corrected chi connectivity index (χ2v) is 3.74. The molecule has 4 nitrogen and oxygen atoms in total. The van der Waals surface area contributed by atoms with Crippen molar-refractivity contribution in [3.63, 3.8) is 0 Å². The van der Waals surface area contributed by atoms with Crippen LogP contribution in [0.15, 0.2) is 18.5 Å². The lowest BCUT2D eigenvalue weighted by atomic mass is 10.2. The summed E-state index contributed by atoms with van der Waals surface area (Å²) in [5.41, 5.74) is 5.50. The molecule has 0 bridgehead atoms. The molecule has 0 aliphatic carbocycles. The first-order valence-corrected chi connectivity index (χ1v) is 5.17. The fraction of sp³-hybridized carbons (Fsp3) is 0.300. The van der Waals surface area contributed by atoms with Crippen molar-refractivity contribution in [1.29, 1.82) is 0 Å². The molecule has 0 unspecified atom stereocenters. The third-order valence-electron chi connectivity index (χ3n) is 1.85. The predicted molar refractivity (Wildman–Crippen MR) is 62.5 cm³/mol. The molecule has 0 aliphatic heterocycles. The van der Waals surface area contributed by atoms with E-state index in [1.54, 1.807) is 0 Å². The summed E-state index contributed by atoms with van der Waals surface area (Å²) in [4.78, 5) is 15.5. The van der Waals surface area contributed by atoms with Crippen LogP contribution < -0.4 is 11.1 Å². The molecule has 0 aromatic carbocycles. The monoisotopic (exact) mass is 241 g/mol. The quantitative estimate of drug-likeness (QED) is 0.596. The molecule has 0 saturated heterocycles. The van der Waals surface area contributed by atoms with Crippen molar-refractivity contribution < 1.29 is 9.18 Å². The molecule has 1 rings (SSSR count). The molecular formula is C10H12FN3OS. The van der Waals surface area contributed by atoms with Crippen LogP contribution in [0.5, 0.6) is 0 Å². The van der Waals surface area contributed by atoms with Crippen molar-refractivity contribution in [2.45, 2.75) is 12.8 Å². The third kappa shape index (κ3) is 4.31. The number of halogens is 1. The average Bonchev–Trinajstić information content (AvgIpc) is 2.24. The van der Waals surface area contributed by atoms with Gasteiger partial charge in [-0.25, -0.2) is 4.39 Å². The first kappa shape index (κ1) is 12.5. The molecule has 0 spiro atoms. The maximum atomic E-state index is 12.7. The van der Waals surface area contributed by atoms with Gasteiger partial charge in [0.25, 0.3) is 5.91 Å². The van der Waals surface area contributed by atoms with Crippen LogP contribution >= 0.6 is 12.2 Å². The molecule has 1 heterocycles. The largest absolute Gasteiger partial charge is 0.393 e. The second-order valence-electron chi connectivity index (χ2n) is 3.22. The van der Waals surface area contributed by atoms with E-state index in [1.165, 1.54) is 6.20 Å². The van der Waals surface area contributed by atoms with Crippen LogP contribution in [0.1, 0.15) is 23.2 Å². The number of rotatable bonds is 5. The summed E-state index contributed by atoms with van der Waals surface area (Å²) in [6.07, 6.45) is 3.61. The summed E-state index contributed by atoms with van der Waals surface area (Å²) < 4.78 is 12.7. The number of carbonyl (C=O) groups excluding carboxylic acids is 1. The van der Waals surface area contributed by atoms with Gasteiger partial charge in [0.15, 0.2) is 0 Å². The Bertz CT molecular complexity index is 397. The van der Waals surface area contributed by atoms with Crippen LogP contribution in [-0.2, 0) is 0 Å². The van der Waals surface area contributed by atoms with Gasteiger partial charge in [0.05, 0.1) is 16.7 Å². The number of nitrogens with zero attached hydrogens (tertiary/aromatic N) is 1. The number of hydrogen-bond donors (Lipinski definition) is 2. The van der Waals surface area contributed by atoms with Crippen molar-refractivity contribution in [3.8, 4) is 0 Å². The van der Waals surface area contributed by atoms with Crippen LogP contribution in [0.2, 0.25) is 0 Å². The van der Waals surface area contributed by atoms with Gasteiger partial charge < -0.3 is 11.1 Å². The SMILES string of the molecule is NC(=S)CCCNC(=O)c1cncc(F)c1. The number of nitrogens with one attached hydrogen (secondary N) is 1. The molecule has 0 radical (unpaired) electrons. The van der Waals surface area contributed by atoms with Gasteiger partial charge in [-0.3, -0.25) is 9.78 Å². The first-order valence-electron chi connectivity index (χ1n) is 4.76. The van der Waals surface area contributed by atoms with E-state index in [0.29, 0.717) is 24.4 Å². The lowest BCUT2D eigenvalue weighted by Gasteiger charge is -2.04. The highest BCUT2D eigenvalue weighted by Crippen LogP contribution is 2.00. The number of carbonyl (C=O) groups is 1. The topological polar surface area (TPSA) is 68.0 Å². The van der Waals surface area contributed by atoms with Crippen LogP contribution in [0, 0.1) is 5.82 Å². The molecular weight excluding hydrogens is 229 g/mol. The summed E-state index contributed by atoms with van der Waals surface area (Å²) in [5.74, 6) is -0.884. The summed E-state index contributed by atoms with van der Waals surface area (Å²) in [6, 6.07) is 1.13. The molecule has 3 N–H and O–H groups in total. The Hall–Kier alpha value is -1.56. The Morgan fingerprint density at radius 3 is 2.94 bits per heavy atom. The van der Waals surface area contributed by atoms with E-state index in [4.69, 9.17) is 18.0 Å². The van der Waals surface area contributed by atoms with Crippen molar-refractivity contribution in [3.05, 3.63) is 29.8 Å². The molecule has 0 fully saturated rings. The van der Waals surface area contributed by atoms with Gasteiger partial charge in [0.1, 0.15) is 5.82 Å². The standard InChI is InChI=1S/C10H12FN3OS/c11-8-4-7(5-13-6-8)10(15)14-3-1-2-9(12)16/h4-6H,1-3H2,(H2,12,16)(H,14,15). The molecule has 1 aromatic heterocycles. The zero-order chi connectivity index (χ0) is 12.0. The summed E-state index contributed by atoms with van der Waals surface area (Å²) in [5, 5.41) is 2.62. The van der Waals surface area contributed by atoms with Gasteiger partial charge >= 0.3 is 0 Å². The Morgan fingerprint density at radius 2 is 2.31 bits per heavy atom. The molecule has 1 amide bonds. The van der Waals surface area contributed by atoms with Gasteiger partial charge in [-0.1, -0.05) is 12.2 Å². The van der Waals surface area contributed by atoms with E-state index < -0.39 is 5.82 Å². The Morgan fingerprint density at radius 1 is 1.56 bits per heavy atom. The van der Waals surface area contributed by atoms with Gasteiger partial charge in [0, 0.05) is 12.7 Å².